The van der Waals surface area contributed by atoms with Crippen LogP contribution in [0.5, 0.6) is 0 Å². The highest BCUT2D eigenvalue weighted by molar-refractivity contribution is 5.92. The second kappa shape index (κ2) is 5.44. The van der Waals surface area contributed by atoms with Crippen molar-refractivity contribution < 1.29 is 13.6 Å². The summed E-state index contributed by atoms with van der Waals surface area (Å²) in [5, 5.41) is 2.44. The number of nitrogens with one attached hydrogen (secondary N) is 1. The monoisotopic (exact) mass is 254 g/mol. The molecule has 18 heavy (non-hydrogen) atoms. The molecule has 0 spiro atoms. The van der Waals surface area contributed by atoms with Crippen molar-refractivity contribution in [3.05, 3.63) is 29.8 Å². The van der Waals surface area contributed by atoms with E-state index >= 15 is 0 Å². The van der Waals surface area contributed by atoms with Gasteiger partial charge in [0.05, 0.1) is 5.69 Å². The van der Waals surface area contributed by atoms with Crippen LogP contribution in [0, 0.1) is 17.6 Å². The van der Waals surface area contributed by atoms with Crippen LogP contribution < -0.4 is 11.1 Å². The molecular formula is C13H16F2N2O. The first-order valence-electron chi connectivity index (χ1n) is 6.08. The van der Waals surface area contributed by atoms with Crippen LogP contribution >= 0.6 is 0 Å². The van der Waals surface area contributed by atoms with Crippen molar-refractivity contribution in [3.63, 3.8) is 0 Å². The zero-order chi connectivity index (χ0) is 13.1. The van der Waals surface area contributed by atoms with Crippen molar-refractivity contribution in [1.29, 1.82) is 0 Å². The van der Waals surface area contributed by atoms with E-state index in [1.807, 2.05) is 0 Å². The Bertz CT molecular complexity index is 443. The molecule has 1 aromatic carbocycles. The molecule has 0 atom stereocenters. The Hall–Kier alpha value is -1.49. The minimum Gasteiger partial charge on any atom is -0.328 e. The largest absolute Gasteiger partial charge is 0.328 e. The van der Waals surface area contributed by atoms with E-state index in [9.17, 15) is 13.6 Å². The Morgan fingerprint density at radius 2 is 1.89 bits per heavy atom. The third kappa shape index (κ3) is 2.85. The highest BCUT2D eigenvalue weighted by atomic mass is 19.2. The number of hydrogen-bond donors (Lipinski definition) is 2. The fraction of sp³-hybridized carbons (Fsp3) is 0.462. The predicted molar refractivity (Wildman–Crippen MR) is 64.9 cm³/mol. The van der Waals surface area contributed by atoms with Gasteiger partial charge in [-0.2, -0.15) is 0 Å². The van der Waals surface area contributed by atoms with Crippen molar-refractivity contribution in [3.8, 4) is 0 Å². The molecule has 1 saturated carbocycles. The van der Waals surface area contributed by atoms with E-state index < -0.39 is 11.6 Å². The molecule has 0 saturated heterocycles. The SMILES string of the molecule is NC1CCC(C(=O)Nc2cccc(F)c2F)CC1. The van der Waals surface area contributed by atoms with Gasteiger partial charge in [0.25, 0.3) is 0 Å². The summed E-state index contributed by atoms with van der Waals surface area (Å²) < 4.78 is 26.4. The van der Waals surface area contributed by atoms with Gasteiger partial charge >= 0.3 is 0 Å². The maximum absolute atomic E-state index is 13.4. The van der Waals surface area contributed by atoms with Crippen molar-refractivity contribution in [2.75, 3.05) is 5.32 Å². The molecule has 0 bridgehead atoms. The third-order valence-electron chi connectivity index (χ3n) is 3.35. The number of anilines is 1. The molecule has 1 amide bonds. The Morgan fingerprint density at radius 1 is 1.22 bits per heavy atom. The van der Waals surface area contributed by atoms with Crippen molar-refractivity contribution in [1.82, 2.24) is 0 Å². The number of benzene rings is 1. The van der Waals surface area contributed by atoms with E-state index in [1.165, 1.54) is 12.1 Å². The molecule has 5 heteroatoms. The van der Waals surface area contributed by atoms with Crippen LogP contribution in [0.2, 0.25) is 0 Å². The lowest BCUT2D eigenvalue weighted by molar-refractivity contribution is -0.120. The first-order valence-corrected chi connectivity index (χ1v) is 6.08. The minimum absolute atomic E-state index is 0.102. The average molecular weight is 254 g/mol. The Balaban J connectivity index is 2.01. The van der Waals surface area contributed by atoms with Gasteiger partial charge in [0, 0.05) is 12.0 Å². The zero-order valence-electron chi connectivity index (χ0n) is 9.96. The second-order valence-corrected chi connectivity index (χ2v) is 4.70. The fourth-order valence-corrected chi connectivity index (χ4v) is 2.22. The minimum atomic E-state index is -1.02. The van der Waals surface area contributed by atoms with Crippen molar-refractivity contribution in [2.45, 2.75) is 31.7 Å². The highest BCUT2D eigenvalue weighted by Crippen LogP contribution is 2.25. The summed E-state index contributed by atoms with van der Waals surface area (Å²) in [6, 6.07) is 3.89. The van der Waals surface area contributed by atoms with Gasteiger partial charge < -0.3 is 11.1 Å². The van der Waals surface area contributed by atoms with Crippen LogP contribution in [0.15, 0.2) is 18.2 Å². The molecule has 1 aliphatic rings. The van der Waals surface area contributed by atoms with Gasteiger partial charge in [-0.05, 0) is 37.8 Å². The summed E-state index contributed by atoms with van der Waals surface area (Å²) in [6.07, 6.45) is 2.99. The molecule has 98 valence electrons. The molecular weight excluding hydrogens is 238 g/mol. The van der Waals surface area contributed by atoms with Crippen LogP contribution in [0.4, 0.5) is 14.5 Å². The standard InChI is InChI=1S/C13H16F2N2O/c14-10-2-1-3-11(12(10)15)17-13(18)8-4-6-9(16)7-5-8/h1-3,8-9H,4-7,16H2,(H,17,18). The van der Waals surface area contributed by atoms with E-state index in [1.54, 1.807) is 0 Å². The highest BCUT2D eigenvalue weighted by Gasteiger charge is 2.25. The number of carbonyl (C=O) groups is 1. The summed E-state index contributed by atoms with van der Waals surface area (Å²) >= 11 is 0. The van der Waals surface area contributed by atoms with Gasteiger partial charge in [-0.15, -0.1) is 0 Å². The lowest BCUT2D eigenvalue weighted by Gasteiger charge is -2.25. The molecule has 1 aromatic rings. The normalized spacial score (nSPS) is 23.7. The maximum atomic E-state index is 13.4. The Morgan fingerprint density at radius 3 is 2.56 bits per heavy atom. The first kappa shape index (κ1) is 13.0. The fourth-order valence-electron chi connectivity index (χ4n) is 2.22. The van der Waals surface area contributed by atoms with Gasteiger partial charge in [0.1, 0.15) is 0 Å². The summed E-state index contributed by atoms with van der Waals surface area (Å²) in [5.74, 6) is -2.39. The van der Waals surface area contributed by atoms with Gasteiger partial charge in [0.15, 0.2) is 11.6 Å². The summed E-state index contributed by atoms with van der Waals surface area (Å²) in [5.41, 5.74) is 5.65. The first-order chi connectivity index (χ1) is 8.58. The molecule has 0 heterocycles. The van der Waals surface area contributed by atoms with Crippen LogP contribution in [-0.4, -0.2) is 11.9 Å². The summed E-state index contributed by atoms with van der Waals surface area (Å²) in [4.78, 5) is 11.9. The molecule has 3 N–H and O–H groups in total. The average Bonchev–Trinajstić information content (AvgIpc) is 2.36. The van der Waals surface area contributed by atoms with Crippen molar-refractivity contribution >= 4 is 11.6 Å². The lowest BCUT2D eigenvalue weighted by atomic mass is 9.86. The van der Waals surface area contributed by atoms with Gasteiger partial charge in [-0.1, -0.05) is 6.07 Å². The van der Waals surface area contributed by atoms with E-state index in [-0.39, 0.29) is 23.6 Å². The number of rotatable bonds is 2. The van der Waals surface area contributed by atoms with Gasteiger partial charge in [-0.25, -0.2) is 8.78 Å². The third-order valence-corrected chi connectivity index (χ3v) is 3.35. The van der Waals surface area contributed by atoms with Crippen LogP contribution in [0.25, 0.3) is 0 Å². The molecule has 0 aliphatic heterocycles. The molecule has 0 unspecified atom stereocenters. The Kier molecular flexibility index (Phi) is 3.91. The van der Waals surface area contributed by atoms with E-state index in [4.69, 9.17) is 5.73 Å². The van der Waals surface area contributed by atoms with Gasteiger partial charge in [-0.3, -0.25) is 4.79 Å². The topological polar surface area (TPSA) is 55.1 Å². The molecule has 0 radical (unpaired) electrons. The second-order valence-electron chi connectivity index (χ2n) is 4.70. The zero-order valence-corrected chi connectivity index (χ0v) is 9.96. The number of nitrogens with two attached hydrogens (primary N) is 1. The molecule has 3 nitrogen and oxygen atoms in total. The number of carbonyl (C=O) groups excluding carboxylic acids is 1. The summed E-state index contributed by atoms with van der Waals surface area (Å²) in [7, 11) is 0. The predicted octanol–water partition coefficient (Wildman–Crippen LogP) is 2.42. The van der Waals surface area contributed by atoms with E-state index in [2.05, 4.69) is 5.32 Å². The van der Waals surface area contributed by atoms with Gasteiger partial charge in [0.2, 0.25) is 5.91 Å². The molecule has 1 fully saturated rings. The van der Waals surface area contributed by atoms with Crippen molar-refractivity contribution in [2.24, 2.45) is 11.7 Å². The van der Waals surface area contributed by atoms with E-state index in [0.717, 1.165) is 18.9 Å². The maximum Gasteiger partial charge on any atom is 0.227 e. The smallest absolute Gasteiger partial charge is 0.227 e. The molecule has 2 rings (SSSR count). The lowest BCUT2D eigenvalue weighted by Crippen LogP contribution is -2.32. The van der Waals surface area contributed by atoms with Crippen LogP contribution in [0.1, 0.15) is 25.7 Å². The quantitative estimate of drug-likeness (QED) is 0.851. The Labute approximate surface area is 104 Å². The molecule has 0 aromatic heterocycles. The van der Waals surface area contributed by atoms with Crippen LogP contribution in [0.3, 0.4) is 0 Å². The summed E-state index contributed by atoms with van der Waals surface area (Å²) in [6.45, 7) is 0. The number of halogens is 2. The van der Waals surface area contributed by atoms with E-state index in [0.29, 0.717) is 12.8 Å². The number of amides is 1. The number of hydrogen-bond acceptors (Lipinski definition) is 2. The van der Waals surface area contributed by atoms with Crippen LogP contribution in [-0.2, 0) is 4.79 Å². The molecule has 1 aliphatic carbocycles.